The number of β-amino-alcohol motifs (C(OH)–C–C–N with tert-alkyl or cyclic N) is 1. The van der Waals surface area contributed by atoms with E-state index in [1.807, 2.05) is 28.9 Å². The summed E-state index contributed by atoms with van der Waals surface area (Å²) in [7, 11) is 1.66. The number of hydrogen-bond acceptors (Lipinski definition) is 5. The molecule has 0 saturated carbocycles. The second-order valence-corrected chi connectivity index (χ2v) is 7.18. The number of benzene rings is 1. The topological polar surface area (TPSA) is 55.4 Å². The Morgan fingerprint density at radius 3 is 2.64 bits per heavy atom. The van der Waals surface area contributed by atoms with Crippen molar-refractivity contribution in [2.24, 2.45) is 0 Å². The molecule has 6 nitrogen and oxygen atoms in total. The lowest BCUT2D eigenvalue weighted by molar-refractivity contribution is 0.0512. The van der Waals surface area contributed by atoms with Gasteiger partial charge in [0, 0.05) is 24.7 Å². The number of likely N-dealkylation sites (tertiary alicyclic amines) is 1. The Bertz CT molecular complexity index is 766. The highest BCUT2D eigenvalue weighted by Crippen LogP contribution is 2.25. The van der Waals surface area contributed by atoms with E-state index in [9.17, 15) is 5.11 Å². The molecule has 0 amide bonds. The van der Waals surface area contributed by atoms with Crippen molar-refractivity contribution in [2.75, 3.05) is 20.2 Å². The first kappa shape index (κ1) is 18.1. The number of nitrogens with zero attached hydrogens (tertiary/aromatic N) is 4. The summed E-state index contributed by atoms with van der Waals surface area (Å²) in [6.07, 6.45) is 1.63. The highest BCUT2D eigenvalue weighted by molar-refractivity contribution is 7.71. The summed E-state index contributed by atoms with van der Waals surface area (Å²) < 4.78 is 9.90. The largest absolute Gasteiger partial charge is 0.497 e. The third-order valence-corrected chi connectivity index (χ3v) is 4.96. The van der Waals surface area contributed by atoms with Gasteiger partial charge < -0.3 is 9.84 Å². The van der Waals surface area contributed by atoms with E-state index in [-0.39, 0.29) is 12.1 Å². The first-order valence-electron chi connectivity index (χ1n) is 8.73. The van der Waals surface area contributed by atoms with Gasteiger partial charge in [0.1, 0.15) is 5.75 Å². The molecule has 1 aliphatic heterocycles. The van der Waals surface area contributed by atoms with Gasteiger partial charge in [0.2, 0.25) is 0 Å². The van der Waals surface area contributed by atoms with Gasteiger partial charge in [-0.2, -0.15) is 5.10 Å². The maximum absolute atomic E-state index is 9.89. The molecular formula is C18H26N4O2S. The molecule has 0 aliphatic carbocycles. The van der Waals surface area contributed by atoms with Crippen LogP contribution in [0.4, 0.5) is 0 Å². The lowest BCUT2D eigenvalue weighted by Crippen LogP contribution is -2.39. The fourth-order valence-electron chi connectivity index (χ4n) is 3.26. The molecular weight excluding hydrogens is 336 g/mol. The Hall–Kier alpha value is -1.70. The molecule has 2 heterocycles. The molecule has 1 aromatic carbocycles. The maximum atomic E-state index is 9.89. The third-order valence-electron chi connectivity index (χ3n) is 4.55. The SMILES string of the molecule is COc1ccc(-c2nn(CN3CCC[C@@H](O)C3)c(=S)n2C(C)C)cc1. The van der Waals surface area contributed by atoms with Crippen LogP contribution >= 0.6 is 12.2 Å². The van der Waals surface area contributed by atoms with Gasteiger partial charge in [-0.15, -0.1) is 0 Å². The molecule has 1 aliphatic rings. The zero-order chi connectivity index (χ0) is 18.0. The number of aliphatic hydroxyl groups is 1. The van der Waals surface area contributed by atoms with Crippen molar-refractivity contribution >= 4 is 12.2 Å². The molecule has 1 aromatic heterocycles. The van der Waals surface area contributed by atoms with Crippen LogP contribution in [0, 0.1) is 4.77 Å². The van der Waals surface area contributed by atoms with Crippen molar-refractivity contribution in [3.8, 4) is 17.1 Å². The van der Waals surface area contributed by atoms with Gasteiger partial charge in [-0.05, 0) is 63.2 Å². The van der Waals surface area contributed by atoms with Gasteiger partial charge in [-0.3, -0.25) is 9.47 Å². The normalized spacial score (nSPS) is 18.7. The minimum atomic E-state index is -0.254. The molecule has 3 rings (SSSR count). The summed E-state index contributed by atoms with van der Waals surface area (Å²) >= 11 is 5.69. The number of aliphatic hydroxyl groups excluding tert-OH is 1. The standard InChI is InChI=1S/C18H26N4O2S/c1-13(2)22-17(14-6-8-16(24-3)9-7-14)19-21(18(22)25)12-20-10-4-5-15(23)11-20/h6-9,13,15,23H,4-5,10-12H2,1-3H3/t15-/m1/s1. The number of ether oxygens (including phenoxy) is 1. The van der Waals surface area contributed by atoms with E-state index >= 15 is 0 Å². The Morgan fingerprint density at radius 1 is 1.32 bits per heavy atom. The average Bonchev–Trinajstić information content (AvgIpc) is 2.92. The van der Waals surface area contributed by atoms with Crippen molar-refractivity contribution in [3.63, 3.8) is 0 Å². The van der Waals surface area contributed by atoms with Crippen LogP contribution < -0.4 is 4.74 Å². The first-order valence-corrected chi connectivity index (χ1v) is 9.14. The first-order chi connectivity index (χ1) is 12.0. The Kier molecular flexibility index (Phi) is 5.56. The molecule has 0 radical (unpaired) electrons. The second-order valence-electron chi connectivity index (χ2n) is 6.81. The van der Waals surface area contributed by atoms with Crippen molar-refractivity contribution in [1.29, 1.82) is 0 Å². The van der Waals surface area contributed by atoms with E-state index in [0.29, 0.717) is 18.0 Å². The van der Waals surface area contributed by atoms with Gasteiger partial charge in [0.25, 0.3) is 0 Å². The van der Waals surface area contributed by atoms with Crippen LogP contribution in [0.5, 0.6) is 5.75 Å². The predicted molar refractivity (Wildman–Crippen MR) is 100 cm³/mol. The summed E-state index contributed by atoms with van der Waals surface area (Å²) in [5, 5.41) is 14.7. The van der Waals surface area contributed by atoms with Crippen LogP contribution in [0.1, 0.15) is 32.7 Å². The van der Waals surface area contributed by atoms with Crippen LogP contribution in [0.3, 0.4) is 0 Å². The van der Waals surface area contributed by atoms with Crippen molar-refractivity contribution in [1.82, 2.24) is 19.2 Å². The van der Waals surface area contributed by atoms with Crippen LogP contribution in [-0.4, -0.2) is 50.7 Å². The van der Waals surface area contributed by atoms with Crippen LogP contribution in [-0.2, 0) is 6.67 Å². The number of methoxy groups -OCH3 is 1. The second kappa shape index (κ2) is 7.68. The van der Waals surface area contributed by atoms with E-state index in [2.05, 4.69) is 23.3 Å². The van der Waals surface area contributed by atoms with Gasteiger partial charge in [-0.25, -0.2) is 4.68 Å². The summed E-state index contributed by atoms with van der Waals surface area (Å²) in [6.45, 7) is 6.47. The summed E-state index contributed by atoms with van der Waals surface area (Å²) in [6, 6.07) is 8.09. The van der Waals surface area contributed by atoms with Gasteiger partial charge in [-0.1, -0.05) is 0 Å². The Morgan fingerprint density at radius 2 is 2.04 bits per heavy atom. The maximum Gasteiger partial charge on any atom is 0.199 e. The third kappa shape index (κ3) is 3.94. The van der Waals surface area contributed by atoms with E-state index in [4.69, 9.17) is 22.1 Å². The molecule has 7 heteroatoms. The number of hydrogen-bond donors (Lipinski definition) is 1. The van der Waals surface area contributed by atoms with Crippen molar-refractivity contribution in [2.45, 2.75) is 45.5 Å². The summed E-state index contributed by atoms with van der Waals surface area (Å²) in [5.74, 6) is 1.68. The number of rotatable bonds is 5. The lowest BCUT2D eigenvalue weighted by atomic mass is 10.1. The lowest BCUT2D eigenvalue weighted by Gasteiger charge is -2.29. The molecule has 25 heavy (non-hydrogen) atoms. The van der Waals surface area contributed by atoms with Gasteiger partial charge in [0.15, 0.2) is 10.6 Å². The molecule has 1 N–H and O–H groups in total. The van der Waals surface area contributed by atoms with E-state index in [1.165, 1.54) is 0 Å². The predicted octanol–water partition coefficient (Wildman–Crippen LogP) is 3.08. The summed E-state index contributed by atoms with van der Waals surface area (Å²) in [4.78, 5) is 2.21. The van der Waals surface area contributed by atoms with E-state index < -0.39 is 0 Å². The Balaban J connectivity index is 1.93. The van der Waals surface area contributed by atoms with E-state index in [1.54, 1.807) is 7.11 Å². The molecule has 2 aromatic rings. The minimum absolute atomic E-state index is 0.213. The van der Waals surface area contributed by atoms with Gasteiger partial charge >= 0.3 is 0 Å². The molecule has 1 saturated heterocycles. The smallest absolute Gasteiger partial charge is 0.199 e. The Labute approximate surface area is 153 Å². The van der Waals surface area contributed by atoms with Gasteiger partial charge in [0.05, 0.1) is 19.9 Å². The fourth-order valence-corrected chi connectivity index (χ4v) is 3.66. The van der Waals surface area contributed by atoms with E-state index in [0.717, 1.165) is 36.5 Å². The monoisotopic (exact) mass is 362 g/mol. The summed E-state index contributed by atoms with van der Waals surface area (Å²) in [5.41, 5.74) is 1.01. The molecule has 1 atom stereocenters. The zero-order valence-electron chi connectivity index (χ0n) is 15.1. The van der Waals surface area contributed by atoms with Crippen LogP contribution in [0.15, 0.2) is 24.3 Å². The van der Waals surface area contributed by atoms with Crippen molar-refractivity contribution < 1.29 is 9.84 Å². The highest BCUT2D eigenvalue weighted by atomic mass is 32.1. The quantitative estimate of drug-likeness (QED) is 0.829. The highest BCUT2D eigenvalue weighted by Gasteiger charge is 2.21. The average molecular weight is 362 g/mol. The molecule has 0 unspecified atom stereocenters. The minimum Gasteiger partial charge on any atom is -0.497 e. The molecule has 0 spiro atoms. The van der Waals surface area contributed by atoms with Crippen molar-refractivity contribution in [3.05, 3.63) is 29.0 Å². The molecule has 1 fully saturated rings. The number of piperidine rings is 1. The number of aromatic nitrogens is 3. The van der Waals surface area contributed by atoms with Crippen LogP contribution in [0.2, 0.25) is 0 Å². The molecule has 136 valence electrons. The zero-order valence-corrected chi connectivity index (χ0v) is 15.9. The molecule has 0 bridgehead atoms. The fraction of sp³-hybridized carbons (Fsp3) is 0.556. The van der Waals surface area contributed by atoms with Crippen LogP contribution in [0.25, 0.3) is 11.4 Å².